The zero-order chi connectivity index (χ0) is 17.9. The number of nitrogens with zero attached hydrogens (tertiary/aromatic N) is 2. The summed E-state index contributed by atoms with van der Waals surface area (Å²) in [5.41, 5.74) is -0.00812. The maximum Gasteiger partial charge on any atom is 0.260 e. The lowest BCUT2D eigenvalue weighted by atomic mass is 9.78. The van der Waals surface area contributed by atoms with Crippen molar-refractivity contribution in [1.82, 2.24) is 4.90 Å². The fraction of sp³-hybridized carbons (Fsp3) is 0.333. The summed E-state index contributed by atoms with van der Waals surface area (Å²) in [5, 5.41) is 11.9. The van der Waals surface area contributed by atoms with Gasteiger partial charge in [-0.25, -0.2) is 4.39 Å². The molecule has 1 N–H and O–H groups in total. The minimum atomic E-state index is -1.55. The molecule has 2 heterocycles. The van der Waals surface area contributed by atoms with Crippen molar-refractivity contribution in [2.45, 2.75) is 43.4 Å². The third-order valence-corrected chi connectivity index (χ3v) is 5.89. The summed E-state index contributed by atoms with van der Waals surface area (Å²) in [7, 11) is 0. The molecule has 0 saturated heterocycles. The lowest BCUT2D eigenvalue weighted by Crippen LogP contribution is -2.56. The third-order valence-electron chi connectivity index (χ3n) is 5.89. The van der Waals surface area contributed by atoms with Crippen LogP contribution in [0.3, 0.4) is 0 Å². The van der Waals surface area contributed by atoms with Gasteiger partial charge in [0.25, 0.3) is 5.91 Å². The van der Waals surface area contributed by atoms with Gasteiger partial charge in [0.2, 0.25) is 0 Å². The summed E-state index contributed by atoms with van der Waals surface area (Å²) in [6.07, 6.45) is 3.96. The number of hydrogen-bond donors (Lipinski definition) is 1. The lowest BCUT2D eigenvalue weighted by Gasteiger charge is -2.42. The van der Waals surface area contributed by atoms with Crippen molar-refractivity contribution in [1.29, 1.82) is 0 Å². The molecule has 2 aliphatic heterocycles. The van der Waals surface area contributed by atoms with Gasteiger partial charge in [-0.2, -0.15) is 0 Å². The predicted octanol–water partition coefficient (Wildman–Crippen LogP) is 3.24. The van der Waals surface area contributed by atoms with E-state index in [9.17, 15) is 14.3 Å². The number of halogens is 1. The van der Waals surface area contributed by atoms with Crippen LogP contribution < -0.4 is 0 Å². The van der Waals surface area contributed by atoms with Crippen molar-refractivity contribution in [3.63, 3.8) is 0 Å². The maximum absolute atomic E-state index is 13.5. The van der Waals surface area contributed by atoms with Gasteiger partial charge in [0.15, 0.2) is 5.60 Å². The standard InChI is InChI=1S/C21H19FN2O2/c22-14-11-9-13(10-12-14)21(26)16-6-2-1-5-15(16)19(25)24-18-8-4-3-7-17(18)23-20(21)24/h1-2,5-6,9-12,17-18,26H,3-4,7-8H2. The average molecular weight is 350 g/mol. The number of benzene rings is 2. The second kappa shape index (κ2) is 5.48. The monoisotopic (exact) mass is 350 g/mol. The molecule has 5 heteroatoms. The van der Waals surface area contributed by atoms with E-state index in [-0.39, 0.29) is 23.8 Å². The van der Waals surface area contributed by atoms with Gasteiger partial charge >= 0.3 is 0 Å². The van der Waals surface area contributed by atoms with Gasteiger partial charge in [-0.15, -0.1) is 0 Å². The van der Waals surface area contributed by atoms with E-state index in [4.69, 9.17) is 4.99 Å². The van der Waals surface area contributed by atoms with E-state index in [2.05, 4.69) is 0 Å². The van der Waals surface area contributed by atoms with Gasteiger partial charge in [0.05, 0.1) is 12.1 Å². The Bertz CT molecular complexity index is 924. The molecule has 2 aromatic rings. The van der Waals surface area contributed by atoms with Crippen LogP contribution in [-0.2, 0) is 5.60 Å². The number of carbonyl (C=O) groups is 1. The largest absolute Gasteiger partial charge is 0.373 e. The number of carbonyl (C=O) groups excluding carboxylic acids is 1. The van der Waals surface area contributed by atoms with Crippen LogP contribution in [0.25, 0.3) is 0 Å². The summed E-state index contributed by atoms with van der Waals surface area (Å²) < 4.78 is 13.5. The highest BCUT2D eigenvalue weighted by Crippen LogP contribution is 2.45. The van der Waals surface area contributed by atoms with Crippen molar-refractivity contribution in [2.24, 2.45) is 4.99 Å². The number of amides is 1. The first-order chi connectivity index (χ1) is 12.6. The fourth-order valence-corrected chi connectivity index (χ4v) is 4.65. The summed E-state index contributed by atoms with van der Waals surface area (Å²) in [6, 6.07) is 13.0. The molecule has 3 aliphatic rings. The Morgan fingerprint density at radius 1 is 1.08 bits per heavy atom. The first kappa shape index (κ1) is 15.7. The first-order valence-corrected chi connectivity index (χ1v) is 9.10. The molecule has 1 saturated carbocycles. The molecule has 0 bridgehead atoms. The van der Waals surface area contributed by atoms with Crippen molar-refractivity contribution in [3.05, 3.63) is 71.0 Å². The maximum atomic E-state index is 13.5. The highest BCUT2D eigenvalue weighted by atomic mass is 19.1. The van der Waals surface area contributed by atoms with Crippen LogP contribution in [0.2, 0.25) is 0 Å². The number of aliphatic hydroxyl groups is 1. The van der Waals surface area contributed by atoms with Crippen LogP contribution in [0.15, 0.2) is 53.5 Å². The van der Waals surface area contributed by atoms with Gasteiger partial charge in [0.1, 0.15) is 11.7 Å². The number of fused-ring (bicyclic) bond motifs is 4. The van der Waals surface area contributed by atoms with Crippen molar-refractivity contribution >= 4 is 11.7 Å². The second-order valence-corrected chi connectivity index (χ2v) is 7.31. The molecule has 1 fully saturated rings. The van der Waals surface area contributed by atoms with Gasteiger partial charge in [-0.1, -0.05) is 43.2 Å². The summed E-state index contributed by atoms with van der Waals surface area (Å²) in [4.78, 5) is 19.7. The van der Waals surface area contributed by atoms with E-state index in [1.54, 1.807) is 41.3 Å². The summed E-state index contributed by atoms with van der Waals surface area (Å²) in [5.74, 6) is -0.0679. The minimum absolute atomic E-state index is 0.00609. The SMILES string of the molecule is O=C1c2ccccc2C(O)(c2ccc(F)cc2)C2=NC3CCCCC3N12. The highest BCUT2D eigenvalue weighted by Gasteiger charge is 2.55. The zero-order valence-electron chi connectivity index (χ0n) is 14.2. The van der Waals surface area contributed by atoms with Crippen molar-refractivity contribution < 1.29 is 14.3 Å². The number of aliphatic imine (C=N–C) groups is 1. The molecular weight excluding hydrogens is 331 g/mol. The topological polar surface area (TPSA) is 52.9 Å². The third kappa shape index (κ3) is 1.98. The second-order valence-electron chi connectivity index (χ2n) is 7.31. The Labute approximate surface area is 151 Å². The number of amidine groups is 1. The van der Waals surface area contributed by atoms with Crippen LogP contribution in [0.1, 0.15) is 47.2 Å². The summed E-state index contributed by atoms with van der Waals surface area (Å²) >= 11 is 0. The van der Waals surface area contributed by atoms with Crippen LogP contribution in [0, 0.1) is 5.82 Å². The number of rotatable bonds is 1. The van der Waals surface area contributed by atoms with E-state index >= 15 is 0 Å². The van der Waals surface area contributed by atoms with Gasteiger partial charge in [-0.05, 0) is 36.6 Å². The van der Waals surface area contributed by atoms with E-state index < -0.39 is 5.60 Å². The van der Waals surface area contributed by atoms with E-state index in [1.807, 2.05) is 0 Å². The Kier molecular flexibility index (Phi) is 3.31. The molecule has 1 aliphatic carbocycles. The average Bonchev–Trinajstić information content (AvgIpc) is 3.07. The van der Waals surface area contributed by atoms with Crippen LogP contribution in [0.5, 0.6) is 0 Å². The molecule has 3 unspecified atom stereocenters. The molecule has 132 valence electrons. The highest BCUT2D eigenvalue weighted by molar-refractivity contribution is 6.16. The predicted molar refractivity (Wildman–Crippen MR) is 95.5 cm³/mol. The van der Waals surface area contributed by atoms with Crippen LogP contribution in [0.4, 0.5) is 4.39 Å². The minimum Gasteiger partial charge on any atom is -0.373 e. The van der Waals surface area contributed by atoms with E-state index in [1.165, 1.54) is 12.1 Å². The molecule has 4 nitrogen and oxygen atoms in total. The molecule has 0 aromatic heterocycles. The fourth-order valence-electron chi connectivity index (χ4n) is 4.65. The molecule has 0 radical (unpaired) electrons. The molecule has 1 amide bonds. The number of hydrogen-bond acceptors (Lipinski definition) is 3. The molecule has 5 rings (SSSR count). The smallest absolute Gasteiger partial charge is 0.260 e. The van der Waals surface area contributed by atoms with Gasteiger partial charge < -0.3 is 5.11 Å². The normalized spacial score (nSPS) is 29.7. The zero-order valence-corrected chi connectivity index (χ0v) is 14.2. The van der Waals surface area contributed by atoms with Crippen molar-refractivity contribution in [3.8, 4) is 0 Å². The van der Waals surface area contributed by atoms with Crippen LogP contribution in [-0.4, -0.2) is 33.8 Å². The lowest BCUT2D eigenvalue weighted by molar-refractivity contribution is 0.0675. The Morgan fingerprint density at radius 3 is 2.62 bits per heavy atom. The Balaban J connectivity index is 1.77. The molecule has 3 atom stereocenters. The van der Waals surface area contributed by atoms with Gasteiger partial charge in [-0.3, -0.25) is 14.7 Å². The summed E-state index contributed by atoms with van der Waals surface area (Å²) in [6.45, 7) is 0. The molecule has 26 heavy (non-hydrogen) atoms. The van der Waals surface area contributed by atoms with E-state index in [0.29, 0.717) is 22.5 Å². The Morgan fingerprint density at radius 2 is 1.81 bits per heavy atom. The first-order valence-electron chi connectivity index (χ1n) is 9.10. The molecular formula is C21H19FN2O2. The van der Waals surface area contributed by atoms with Crippen LogP contribution >= 0.6 is 0 Å². The van der Waals surface area contributed by atoms with Crippen molar-refractivity contribution in [2.75, 3.05) is 0 Å². The molecule has 2 aromatic carbocycles. The molecule has 0 spiro atoms. The quantitative estimate of drug-likeness (QED) is 0.858. The van der Waals surface area contributed by atoms with E-state index in [0.717, 1.165) is 25.7 Å². The Hall–Kier alpha value is -2.53. The van der Waals surface area contributed by atoms with Gasteiger partial charge in [0, 0.05) is 11.1 Å².